The Morgan fingerprint density at radius 1 is 0.909 bits per heavy atom. The molecule has 0 saturated carbocycles. The molecule has 0 aromatic rings. The molecule has 0 aromatic heterocycles. The second-order valence-corrected chi connectivity index (χ2v) is 4.94. The number of hydrogen-bond donors (Lipinski definition) is 1. The fourth-order valence-corrected chi connectivity index (χ4v) is 1.82. The van der Waals surface area contributed by atoms with Crippen molar-refractivity contribution in [2.75, 3.05) is 0 Å². The Hall–Kier alpha value is -0.680. The summed E-state index contributed by atoms with van der Waals surface area (Å²) in [6.45, 7) is 3.12. The monoisotopic (exact) mass is 178 g/mol. The highest BCUT2D eigenvalue weighted by Crippen LogP contribution is 2.45. The first-order valence-electron chi connectivity index (χ1n) is 2.91. The van der Waals surface area contributed by atoms with E-state index in [-0.39, 0.29) is 0 Å². The van der Waals surface area contributed by atoms with E-state index < -0.39 is 25.7 Å². The molecular formula is C6H10O4S. The molecule has 1 N–H and O–H groups in total. The summed E-state index contributed by atoms with van der Waals surface area (Å²) in [5.41, 5.74) is 0. The van der Waals surface area contributed by atoms with Crippen LogP contribution in [0, 0.1) is 0 Å². The maximum atomic E-state index is 10.7. The number of carbonyl (C=O) groups excluding carboxylic acids is 3. The van der Waals surface area contributed by atoms with Gasteiger partial charge in [0.2, 0.25) is 15.3 Å². The molecule has 64 valence electrons. The highest BCUT2D eigenvalue weighted by atomic mass is 32.3. The van der Waals surface area contributed by atoms with Crippen molar-refractivity contribution in [3.05, 3.63) is 0 Å². The van der Waals surface area contributed by atoms with Crippen LogP contribution in [0.15, 0.2) is 0 Å². The van der Waals surface area contributed by atoms with Gasteiger partial charge in [-0.1, -0.05) is 0 Å². The zero-order chi connectivity index (χ0) is 9.23. The Morgan fingerprint density at radius 2 is 1.09 bits per heavy atom. The Balaban J connectivity index is 4.99. The summed E-state index contributed by atoms with van der Waals surface area (Å²) in [6.07, 6.45) is 0. The third kappa shape index (κ3) is 1.66. The van der Waals surface area contributed by atoms with E-state index >= 15 is 0 Å². The van der Waals surface area contributed by atoms with E-state index in [0.29, 0.717) is 0 Å². The summed E-state index contributed by atoms with van der Waals surface area (Å²) in [5.74, 6) is 0. The van der Waals surface area contributed by atoms with Crippen molar-refractivity contribution < 1.29 is 18.9 Å². The molecule has 0 saturated heterocycles. The summed E-state index contributed by atoms with van der Waals surface area (Å²) in [5, 5.41) is -2.26. The van der Waals surface area contributed by atoms with Crippen molar-refractivity contribution >= 4 is 25.7 Å². The topological polar surface area (TPSA) is 71.4 Å². The first-order chi connectivity index (χ1) is 4.83. The summed E-state index contributed by atoms with van der Waals surface area (Å²) < 4.78 is 9.28. The average molecular weight is 178 g/mol. The molecule has 11 heavy (non-hydrogen) atoms. The first-order valence-corrected chi connectivity index (χ1v) is 4.50. The lowest BCUT2D eigenvalue weighted by atomic mass is 10.9. The third-order valence-corrected chi connectivity index (χ3v) is 3.74. The van der Waals surface area contributed by atoms with E-state index in [1.54, 1.807) is 0 Å². The molecule has 4 nitrogen and oxygen atoms in total. The normalized spacial score (nSPS) is 12.4. The van der Waals surface area contributed by atoms with Crippen LogP contribution in [0.1, 0.15) is 20.8 Å². The smallest absolute Gasteiger partial charge is 0.204 e. The average Bonchev–Trinajstić information content (AvgIpc) is 1.84. The van der Waals surface area contributed by atoms with Gasteiger partial charge in [0.15, 0.2) is 0 Å². The number of carbonyl (C=O) groups is 3. The van der Waals surface area contributed by atoms with Crippen LogP contribution in [0.3, 0.4) is 0 Å². The minimum atomic E-state index is -3.31. The van der Waals surface area contributed by atoms with Gasteiger partial charge in [0, 0.05) is 31.1 Å². The summed E-state index contributed by atoms with van der Waals surface area (Å²) in [4.78, 5) is 32.1. The van der Waals surface area contributed by atoms with Crippen molar-refractivity contribution in [2.24, 2.45) is 0 Å². The second kappa shape index (κ2) is 3.15. The highest BCUT2D eigenvalue weighted by molar-refractivity contribution is 8.61. The fourth-order valence-electron chi connectivity index (χ4n) is 0.607. The predicted octanol–water partition coefficient (Wildman–Crippen LogP) is 0.903. The predicted molar refractivity (Wildman–Crippen MR) is 42.3 cm³/mol. The molecule has 0 unspecified atom stereocenters. The van der Waals surface area contributed by atoms with E-state index in [1.807, 2.05) is 0 Å². The van der Waals surface area contributed by atoms with Crippen molar-refractivity contribution in [1.82, 2.24) is 0 Å². The van der Waals surface area contributed by atoms with Crippen molar-refractivity contribution in [1.29, 1.82) is 0 Å². The molecule has 0 aliphatic rings. The summed E-state index contributed by atoms with van der Waals surface area (Å²) in [7, 11) is -3.31. The van der Waals surface area contributed by atoms with E-state index in [9.17, 15) is 18.9 Å². The van der Waals surface area contributed by atoms with Crippen LogP contribution in [-0.4, -0.2) is 19.9 Å². The van der Waals surface area contributed by atoms with Crippen LogP contribution >= 0.6 is 10.3 Å². The highest BCUT2D eigenvalue weighted by Gasteiger charge is 2.36. The SMILES string of the molecule is CC(=O)S(O)(C(C)=O)C(C)=O. The lowest BCUT2D eigenvalue weighted by molar-refractivity contribution is -0.115. The van der Waals surface area contributed by atoms with Gasteiger partial charge in [-0.25, -0.2) is 0 Å². The minimum Gasteiger partial charge on any atom is -0.331 e. The van der Waals surface area contributed by atoms with Crippen molar-refractivity contribution in [3.8, 4) is 0 Å². The molecular weight excluding hydrogens is 168 g/mol. The molecule has 0 amide bonds. The van der Waals surface area contributed by atoms with Crippen LogP contribution < -0.4 is 0 Å². The van der Waals surface area contributed by atoms with Crippen LogP contribution in [0.2, 0.25) is 0 Å². The molecule has 0 aromatic carbocycles. The quantitative estimate of drug-likeness (QED) is 0.598. The van der Waals surface area contributed by atoms with E-state index in [0.717, 1.165) is 20.8 Å². The van der Waals surface area contributed by atoms with Crippen molar-refractivity contribution in [3.63, 3.8) is 0 Å². The molecule has 0 atom stereocenters. The number of hydrogen-bond acceptors (Lipinski definition) is 4. The summed E-state index contributed by atoms with van der Waals surface area (Å²) in [6, 6.07) is 0. The first kappa shape index (κ1) is 10.3. The van der Waals surface area contributed by atoms with Gasteiger partial charge >= 0.3 is 0 Å². The zero-order valence-electron chi connectivity index (χ0n) is 6.58. The fraction of sp³-hybridized carbons (Fsp3) is 0.500. The molecule has 0 bridgehead atoms. The Bertz CT molecular complexity index is 185. The molecule has 0 heterocycles. The Kier molecular flexibility index (Phi) is 2.95. The zero-order valence-corrected chi connectivity index (χ0v) is 7.40. The van der Waals surface area contributed by atoms with Crippen LogP contribution in [0.4, 0.5) is 0 Å². The van der Waals surface area contributed by atoms with Crippen LogP contribution in [-0.2, 0) is 14.4 Å². The van der Waals surface area contributed by atoms with Crippen LogP contribution in [0.5, 0.6) is 0 Å². The van der Waals surface area contributed by atoms with E-state index in [2.05, 4.69) is 0 Å². The van der Waals surface area contributed by atoms with Crippen LogP contribution in [0.25, 0.3) is 0 Å². The van der Waals surface area contributed by atoms with E-state index in [4.69, 9.17) is 0 Å². The molecule has 0 aliphatic heterocycles. The molecule has 0 rings (SSSR count). The number of rotatable bonds is 0. The maximum Gasteiger partial charge on any atom is 0.204 e. The summed E-state index contributed by atoms with van der Waals surface area (Å²) >= 11 is 0. The minimum absolute atomic E-state index is 0.752. The van der Waals surface area contributed by atoms with Gasteiger partial charge in [-0.05, 0) is 0 Å². The van der Waals surface area contributed by atoms with Gasteiger partial charge in [0.25, 0.3) is 0 Å². The van der Waals surface area contributed by atoms with Gasteiger partial charge in [-0.2, -0.15) is 0 Å². The molecule has 5 heteroatoms. The van der Waals surface area contributed by atoms with Gasteiger partial charge in [0.1, 0.15) is 0 Å². The molecule has 0 radical (unpaired) electrons. The molecule has 0 fully saturated rings. The van der Waals surface area contributed by atoms with Gasteiger partial charge in [-0.3, -0.25) is 14.4 Å². The van der Waals surface area contributed by atoms with Gasteiger partial charge in [0.05, 0.1) is 0 Å². The molecule has 0 aliphatic carbocycles. The van der Waals surface area contributed by atoms with Crippen molar-refractivity contribution in [2.45, 2.75) is 20.8 Å². The van der Waals surface area contributed by atoms with Gasteiger partial charge in [-0.15, -0.1) is 0 Å². The Morgan fingerprint density at radius 3 is 1.09 bits per heavy atom. The lowest BCUT2D eigenvalue weighted by Crippen LogP contribution is -2.22. The molecule has 0 spiro atoms. The second-order valence-electron chi connectivity index (χ2n) is 2.05. The lowest BCUT2D eigenvalue weighted by Gasteiger charge is -2.22. The van der Waals surface area contributed by atoms with Gasteiger partial charge < -0.3 is 4.55 Å². The van der Waals surface area contributed by atoms with E-state index in [1.165, 1.54) is 0 Å². The third-order valence-electron chi connectivity index (χ3n) is 1.25. The standard InChI is InChI=1S/C6H10O4S/c1-4(7)11(10,5(2)8)6(3)9/h10H,1-3H3. The Labute approximate surface area is 66.1 Å². The maximum absolute atomic E-state index is 10.7. The largest absolute Gasteiger partial charge is 0.331 e.